The summed E-state index contributed by atoms with van der Waals surface area (Å²) >= 11 is 0. The van der Waals surface area contributed by atoms with Crippen molar-refractivity contribution < 1.29 is 4.79 Å². The average Bonchev–Trinajstić information content (AvgIpc) is 2.26. The number of hydrogen-bond donors (Lipinski definition) is 1. The van der Waals surface area contributed by atoms with Crippen molar-refractivity contribution in [1.29, 1.82) is 0 Å². The van der Waals surface area contributed by atoms with Crippen molar-refractivity contribution in [3.05, 3.63) is 48.6 Å². The van der Waals surface area contributed by atoms with Crippen molar-refractivity contribution in [2.75, 3.05) is 6.54 Å². The summed E-state index contributed by atoms with van der Waals surface area (Å²) in [6.45, 7) is 6.13. The van der Waals surface area contributed by atoms with Crippen molar-refractivity contribution in [3.8, 4) is 0 Å². The van der Waals surface area contributed by atoms with Gasteiger partial charge in [-0.25, -0.2) is 0 Å². The van der Waals surface area contributed by atoms with Crippen LogP contribution < -0.4 is 5.32 Å². The Morgan fingerprint density at radius 2 is 2.14 bits per heavy atom. The van der Waals surface area contributed by atoms with Gasteiger partial charge in [0.1, 0.15) is 0 Å². The van der Waals surface area contributed by atoms with Gasteiger partial charge in [-0.05, 0) is 17.6 Å². The molecule has 0 bridgehead atoms. The molecule has 14 heavy (non-hydrogen) atoms. The second kappa shape index (κ2) is 5.22. The summed E-state index contributed by atoms with van der Waals surface area (Å²) in [6, 6.07) is 10.1. The zero-order valence-electron chi connectivity index (χ0n) is 8.36. The molecule has 0 radical (unpaired) electrons. The van der Waals surface area contributed by atoms with E-state index < -0.39 is 0 Å². The number of benzene rings is 1. The fraction of sp³-hybridized carbons (Fsp3) is 0.250. The second-order valence-electron chi connectivity index (χ2n) is 3.26. The number of carbonyl (C=O) groups excluding carboxylic acids is 1. The van der Waals surface area contributed by atoms with Crippen LogP contribution in [0.1, 0.15) is 18.4 Å². The van der Waals surface area contributed by atoms with Crippen LogP contribution in [-0.2, 0) is 4.79 Å². The maximum absolute atomic E-state index is 10.9. The lowest BCUT2D eigenvalue weighted by molar-refractivity contribution is -0.116. The van der Waals surface area contributed by atoms with Crippen molar-refractivity contribution in [1.82, 2.24) is 5.32 Å². The summed E-state index contributed by atoms with van der Waals surface area (Å²) in [7, 11) is 0. The third-order valence-electron chi connectivity index (χ3n) is 2.14. The van der Waals surface area contributed by atoms with Crippen LogP contribution in [-0.4, -0.2) is 12.5 Å². The molecule has 0 fully saturated rings. The molecule has 0 aliphatic carbocycles. The Kier molecular flexibility index (Phi) is 3.92. The van der Waals surface area contributed by atoms with E-state index >= 15 is 0 Å². The third kappa shape index (κ3) is 3.05. The normalized spacial score (nSPS) is 11.8. The minimum atomic E-state index is -0.118. The van der Waals surface area contributed by atoms with E-state index in [1.54, 1.807) is 0 Å². The molecular formula is C12H15NO. The first kappa shape index (κ1) is 10.5. The van der Waals surface area contributed by atoms with Crippen LogP contribution in [0.25, 0.3) is 0 Å². The van der Waals surface area contributed by atoms with E-state index in [-0.39, 0.29) is 5.91 Å². The molecular weight excluding hydrogens is 174 g/mol. The SMILES string of the molecule is C=CC(=O)NC[C@@H](C)c1ccccc1. The van der Waals surface area contributed by atoms with E-state index in [2.05, 4.69) is 31.0 Å². The Balaban J connectivity index is 2.47. The maximum Gasteiger partial charge on any atom is 0.243 e. The van der Waals surface area contributed by atoms with Gasteiger partial charge in [-0.3, -0.25) is 4.79 Å². The molecule has 0 heterocycles. The van der Waals surface area contributed by atoms with Gasteiger partial charge in [0.15, 0.2) is 0 Å². The molecule has 1 rings (SSSR count). The van der Waals surface area contributed by atoms with Crippen LogP contribution in [0.3, 0.4) is 0 Å². The molecule has 0 spiro atoms. The average molecular weight is 189 g/mol. The van der Waals surface area contributed by atoms with Gasteiger partial charge in [0.25, 0.3) is 0 Å². The predicted molar refractivity (Wildman–Crippen MR) is 58.1 cm³/mol. The van der Waals surface area contributed by atoms with Gasteiger partial charge in [-0.2, -0.15) is 0 Å². The molecule has 1 aromatic carbocycles. The summed E-state index contributed by atoms with van der Waals surface area (Å²) in [5, 5.41) is 2.77. The van der Waals surface area contributed by atoms with Crippen LogP contribution in [0.4, 0.5) is 0 Å². The molecule has 0 aromatic heterocycles. The van der Waals surface area contributed by atoms with Gasteiger partial charge in [-0.1, -0.05) is 43.8 Å². The van der Waals surface area contributed by atoms with Crippen LogP contribution >= 0.6 is 0 Å². The smallest absolute Gasteiger partial charge is 0.243 e. The van der Waals surface area contributed by atoms with E-state index in [9.17, 15) is 4.79 Å². The van der Waals surface area contributed by atoms with Crippen LogP contribution in [0.2, 0.25) is 0 Å². The highest BCUT2D eigenvalue weighted by Gasteiger charge is 2.04. The van der Waals surface area contributed by atoms with Crippen molar-refractivity contribution in [2.24, 2.45) is 0 Å². The molecule has 1 atom stereocenters. The van der Waals surface area contributed by atoms with E-state index in [0.29, 0.717) is 12.5 Å². The Morgan fingerprint density at radius 3 is 2.71 bits per heavy atom. The van der Waals surface area contributed by atoms with E-state index in [4.69, 9.17) is 0 Å². The minimum absolute atomic E-state index is 0.118. The zero-order chi connectivity index (χ0) is 10.4. The van der Waals surface area contributed by atoms with E-state index in [1.165, 1.54) is 11.6 Å². The molecule has 2 nitrogen and oxygen atoms in total. The van der Waals surface area contributed by atoms with Gasteiger partial charge in [-0.15, -0.1) is 0 Å². The quantitative estimate of drug-likeness (QED) is 0.722. The van der Waals surface area contributed by atoms with Crippen molar-refractivity contribution in [3.63, 3.8) is 0 Å². The van der Waals surface area contributed by atoms with E-state index in [1.807, 2.05) is 18.2 Å². The summed E-state index contributed by atoms with van der Waals surface area (Å²) in [4.78, 5) is 10.9. The monoisotopic (exact) mass is 189 g/mol. The second-order valence-corrected chi connectivity index (χ2v) is 3.26. The summed E-state index contributed by atoms with van der Waals surface area (Å²) in [6.07, 6.45) is 1.29. The molecule has 1 amide bonds. The molecule has 0 saturated heterocycles. The number of carbonyl (C=O) groups is 1. The van der Waals surface area contributed by atoms with Crippen LogP contribution in [0.5, 0.6) is 0 Å². The zero-order valence-corrected chi connectivity index (χ0v) is 8.36. The molecule has 74 valence electrons. The fourth-order valence-corrected chi connectivity index (χ4v) is 1.23. The lowest BCUT2D eigenvalue weighted by Crippen LogP contribution is -2.25. The van der Waals surface area contributed by atoms with E-state index in [0.717, 1.165) is 0 Å². The number of hydrogen-bond acceptors (Lipinski definition) is 1. The largest absolute Gasteiger partial charge is 0.352 e. The summed E-state index contributed by atoms with van der Waals surface area (Å²) in [5.41, 5.74) is 1.23. The van der Waals surface area contributed by atoms with Crippen LogP contribution in [0.15, 0.2) is 43.0 Å². The highest BCUT2D eigenvalue weighted by atomic mass is 16.1. The Hall–Kier alpha value is -1.57. The first-order valence-corrected chi connectivity index (χ1v) is 4.69. The number of rotatable bonds is 4. The van der Waals surface area contributed by atoms with Gasteiger partial charge in [0.2, 0.25) is 5.91 Å². The Bertz CT molecular complexity index is 305. The molecule has 0 saturated carbocycles. The Morgan fingerprint density at radius 1 is 1.50 bits per heavy atom. The fourth-order valence-electron chi connectivity index (χ4n) is 1.23. The lowest BCUT2D eigenvalue weighted by Gasteiger charge is -2.11. The predicted octanol–water partition coefficient (Wildman–Crippen LogP) is 2.09. The maximum atomic E-state index is 10.9. The summed E-state index contributed by atoms with van der Waals surface area (Å²) < 4.78 is 0. The molecule has 2 heteroatoms. The highest BCUT2D eigenvalue weighted by Crippen LogP contribution is 2.12. The summed E-state index contributed by atoms with van der Waals surface area (Å²) in [5.74, 6) is 0.216. The Labute approximate surface area is 84.6 Å². The highest BCUT2D eigenvalue weighted by molar-refractivity contribution is 5.86. The van der Waals surface area contributed by atoms with Gasteiger partial charge in [0.05, 0.1) is 0 Å². The van der Waals surface area contributed by atoms with Gasteiger partial charge < -0.3 is 5.32 Å². The molecule has 1 N–H and O–H groups in total. The number of amides is 1. The molecule has 0 aliphatic rings. The van der Waals surface area contributed by atoms with Gasteiger partial charge >= 0.3 is 0 Å². The first-order chi connectivity index (χ1) is 6.74. The molecule has 0 aliphatic heterocycles. The first-order valence-electron chi connectivity index (χ1n) is 4.69. The molecule has 0 unspecified atom stereocenters. The van der Waals surface area contributed by atoms with Crippen molar-refractivity contribution >= 4 is 5.91 Å². The van der Waals surface area contributed by atoms with Crippen LogP contribution in [0, 0.1) is 0 Å². The number of nitrogens with one attached hydrogen (secondary N) is 1. The third-order valence-corrected chi connectivity index (χ3v) is 2.14. The minimum Gasteiger partial charge on any atom is -0.352 e. The topological polar surface area (TPSA) is 29.1 Å². The molecule has 1 aromatic rings. The van der Waals surface area contributed by atoms with Gasteiger partial charge in [0, 0.05) is 6.54 Å². The lowest BCUT2D eigenvalue weighted by atomic mass is 10.0. The van der Waals surface area contributed by atoms with Crippen molar-refractivity contribution in [2.45, 2.75) is 12.8 Å². The standard InChI is InChI=1S/C12H15NO/c1-3-12(14)13-9-10(2)11-7-5-4-6-8-11/h3-8,10H,1,9H2,2H3,(H,13,14)/t10-/m1/s1.